The van der Waals surface area contributed by atoms with Gasteiger partial charge in [-0.2, -0.15) is 0 Å². The van der Waals surface area contributed by atoms with E-state index in [-0.39, 0.29) is 5.78 Å². The Bertz CT molecular complexity index is 555. The molecular formula is C14H14ClNO2S. The van der Waals surface area contributed by atoms with Gasteiger partial charge in [-0.05, 0) is 29.6 Å². The molecule has 2 aromatic rings. The first kappa shape index (κ1) is 13.9. The van der Waals surface area contributed by atoms with Crippen molar-refractivity contribution in [3.63, 3.8) is 0 Å². The molecule has 0 saturated heterocycles. The second-order valence-corrected chi connectivity index (χ2v) is 5.31. The molecule has 0 saturated carbocycles. The lowest BCUT2D eigenvalue weighted by molar-refractivity contribution is 0.0990. The molecule has 0 radical (unpaired) electrons. The van der Waals surface area contributed by atoms with Crippen molar-refractivity contribution in [1.82, 2.24) is 0 Å². The molecular weight excluding hydrogens is 282 g/mol. The molecule has 0 amide bonds. The van der Waals surface area contributed by atoms with Crippen molar-refractivity contribution < 1.29 is 9.53 Å². The van der Waals surface area contributed by atoms with Crippen LogP contribution in [0.15, 0.2) is 35.7 Å². The number of carbonyl (C=O) groups is 1. The highest BCUT2D eigenvalue weighted by Crippen LogP contribution is 2.27. The van der Waals surface area contributed by atoms with Crippen molar-refractivity contribution in [3.8, 4) is 5.75 Å². The lowest BCUT2D eigenvalue weighted by Crippen LogP contribution is -2.08. The third kappa shape index (κ3) is 3.72. The molecule has 100 valence electrons. The zero-order valence-corrected chi connectivity index (χ0v) is 12.1. The van der Waals surface area contributed by atoms with E-state index < -0.39 is 0 Å². The molecule has 3 nitrogen and oxygen atoms in total. The van der Waals surface area contributed by atoms with E-state index in [1.807, 2.05) is 17.5 Å². The molecule has 0 fully saturated rings. The van der Waals surface area contributed by atoms with Gasteiger partial charge in [-0.1, -0.05) is 17.7 Å². The SMILES string of the molecule is COc1ccc(Cl)cc1NCCC(=O)c1cccs1. The molecule has 5 heteroatoms. The Kier molecular flexibility index (Phi) is 4.82. The Hall–Kier alpha value is -1.52. The van der Waals surface area contributed by atoms with Gasteiger partial charge in [0.05, 0.1) is 17.7 Å². The van der Waals surface area contributed by atoms with Gasteiger partial charge in [-0.15, -0.1) is 11.3 Å². The van der Waals surface area contributed by atoms with E-state index in [1.54, 1.807) is 25.3 Å². The Labute approximate surface area is 121 Å². The summed E-state index contributed by atoms with van der Waals surface area (Å²) in [6, 6.07) is 9.07. The minimum Gasteiger partial charge on any atom is -0.495 e. The smallest absolute Gasteiger partial charge is 0.174 e. The fourth-order valence-corrected chi connectivity index (χ4v) is 2.56. The summed E-state index contributed by atoms with van der Waals surface area (Å²) in [6.45, 7) is 0.549. The van der Waals surface area contributed by atoms with Gasteiger partial charge in [0.1, 0.15) is 5.75 Å². The zero-order valence-electron chi connectivity index (χ0n) is 10.5. The number of nitrogens with one attached hydrogen (secondary N) is 1. The number of benzene rings is 1. The summed E-state index contributed by atoms with van der Waals surface area (Å²) in [7, 11) is 1.60. The van der Waals surface area contributed by atoms with Crippen LogP contribution in [-0.2, 0) is 0 Å². The van der Waals surface area contributed by atoms with E-state index in [4.69, 9.17) is 16.3 Å². The Morgan fingerprint density at radius 1 is 1.42 bits per heavy atom. The lowest BCUT2D eigenvalue weighted by atomic mass is 10.2. The maximum atomic E-state index is 11.8. The van der Waals surface area contributed by atoms with Gasteiger partial charge in [-0.3, -0.25) is 4.79 Å². The average molecular weight is 296 g/mol. The van der Waals surface area contributed by atoms with Crippen LogP contribution in [0.3, 0.4) is 0 Å². The van der Waals surface area contributed by atoms with Gasteiger partial charge in [-0.25, -0.2) is 0 Å². The molecule has 19 heavy (non-hydrogen) atoms. The van der Waals surface area contributed by atoms with Gasteiger partial charge in [0.25, 0.3) is 0 Å². The molecule has 2 rings (SSSR count). The van der Waals surface area contributed by atoms with Gasteiger partial charge in [0.15, 0.2) is 5.78 Å². The number of halogens is 1. The van der Waals surface area contributed by atoms with Crippen molar-refractivity contribution >= 4 is 34.4 Å². The van der Waals surface area contributed by atoms with Crippen LogP contribution in [0.25, 0.3) is 0 Å². The normalized spacial score (nSPS) is 10.2. The number of carbonyl (C=O) groups excluding carboxylic acids is 1. The first-order valence-corrected chi connectivity index (χ1v) is 7.10. The number of hydrogen-bond acceptors (Lipinski definition) is 4. The number of anilines is 1. The van der Waals surface area contributed by atoms with Crippen molar-refractivity contribution in [1.29, 1.82) is 0 Å². The first-order valence-electron chi connectivity index (χ1n) is 5.85. The number of methoxy groups -OCH3 is 1. The van der Waals surface area contributed by atoms with Crippen LogP contribution in [0.5, 0.6) is 5.75 Å². The van der Waals surface area contributed by atoms with Crippen LogP contribution in [-0.4, -0.2) is 19.4 Å². The number of hydrogen-bond donors (Lipinski definition) is 1. The van der Waals surface area contributed by atoms with E-state index >= 15 is 0 Å². The predicted molar refractivity (Wildman–Crippen MR) is 79.8 cm³/mol. The molecule has 0 aliphatic heterocycles. The largest absolute Gasteiger partial charge is 0.495 e. The molecule has 1 N–H and O–H groups in total. The second kappa shape index (κ2) is 6.59. The maximum Gasteiger partial charge on any atom is 0.174 e. The molecule has 0 atom stereocenters. The zero-order chi connectivity index (χ0) is 13.7. The minimum atomic E-state index is 0.142. The summed E-state index contributed by atoms with van der Waals surface area (Å²) in [6.07, 6.45) is 0.441. The van der Waals surface area contributed by atoms with E-state index in [9.17, 15) is 4.79 Å². The van der Waals surface area contributed by atoms with Crippen LogP contribution in [0.1, 0.15) is 16.1 Å². The number of thiophene rings is 1. The van der Waals surface area contributed by atoms with E-state index in [2.05, 4.69) is 5.32 Å². The highest BCUT2D eigenvalue weighted by molar-refractivity contribution is 7.12. The molecule has 1 aromatic heterocycles. The van der Waals surface area contributed by atoms with Gasteiger partial charge in [0.2, 0.25) is 0 Å². The van der Waals surface area contributed by atoms with Gasteiger partial charge in [0, 0.05) is 18.0 Å². The van der Waals surface area contributed by atoms with Crippen molar-refractivity contribution in [3.05, 3.63) is 45.6 Å². The molecule has 1 heterocycles. The van der Waals surface area contributed by atoms with Crippen LogP contribution in [0.2, 0.25) is 5.02 Å². The summed E-state index contributed by atoms with van der Waals surface area (Å²) in [5, 5.41) is 5.71. The summed E-state index contributed by atoms with van der Waals surface area (Å²) >= 11 is 7.40. The maximum absolute atomic E-state index is 11.8. The minimum absolute atomic E-state index is 0.142. The van der Waals surface area contributed by atoms with Crippen LogP contribution >= 0.6 is 22.9 Å². The molecule has 0 aliphatic carbocycles. The van der Waals surface area contributed by atoms with E-state index in [0.29, 0.717) is 23.7 Å². The average Bonchev–Trinajstić information content (AvgIpc) is 2.93. The predicted octanol–water partition coefficient (Wildman–Crippen LogP) is 4.10. The van der Waals surface area contributed by atoms with Crippen LogP contribution in [0, 0.1) is 0 Å². The summed E-state index contributed by atoms with van der Waals surface area (Å²) in [5.41, 5.74) is 0.800. The number of Topliss-reactive ketones (excluding diaryl/α,β-unsaturated/α-hetero) is 1. The van der Waals surface area contributed by atoms with Crippen LogP contribution < -0.4 is 10.1 Å². The van der Waals surface area contributed by atoms with Crippen molar-refractivity contribution in [2.45, 2.75) is 6.42 Å². The summed E-state index contributed by atoms with van der Waals surface area (Å²) in [4.78, 5) is 12.6. The Morgan fingerprint density at radius 2 is 2.26 bits per heavy atom. The quantitative estimate of drug-likeness (QED) is 0.816. The fourth-order valence-electron chi connectivity index (χ4n) is 1.69. The first-order chi connectivity index (χ1) is 9.20. The molecule has 0 bridgehead atoms. The Balaban J connectivity index is 1.92. The number of rotatable bonds is 6. The molecule has 0 spiro atoms. The van der Waals surface area contributed by atoms with Gasteiger partial charge >= 0.3 is 0 Å². The standard InChI is InChI=1S/C14H14ClNO2S/c1-18-13-5-4-10(15)9-11(13)16-7-6-12(17)14-3-2-8-19-14/h2-5,8-9,16H,6-7H2,1H3. The molecule has 0 aliphatic rings. The summed E-state index contributed by atoms with van der Waals surface area (Å²) in [5.74, 6) is 0.858. The number of ketones is 1. The van der Waals surface area contributed by atoms with Crippen molar-refractivity contribution in [2.75, 3.05) is 19.0 Å². The third-order valence-electron chi connectivity index (χ3n) is 2.63. The third-order valence-corrected chi connectivity index (χ3v) is 3.77. The van der Waals surface area contributed by atoms with E-state index in [1.165, 1.54) is 11.3 Å². The van der Waals surface area contributed by atoms with Crippen LogP contribution in [0.4, 0.5) is 5.69 Å². The highest BCUT2D eigenvalue weighted by atomic mass is 35.5. The lowest BCUT2D eigenvalue weighted by Gasteiger charge is -2.10. The van der Waals surface area contributed by atoms with Crippen molar-refractivity contribution in [2.24, 2.45) is 0 Å². The fraction of sp³-hybridized carbons (Fsp3) is 0.214. The highest BCUT2D eigenvalue weighted by Gasteiger charge is 2.08. The molecule has 0 unspecified atom stereocenters. The Morgan fingerprint density at radius 3 is 2.95 bits per heavy atom. The number of ether oxygens (including phenoxy) is 1. The second-order valence-electron chi connectivity index (χ2n) is 3.92. The van der Waals surface area contributed by atoms with Gasteiger partial charge < -0.3 is 10.1 Å². The topological polar surface area (TPSA) is 38.3 Å². The van der Waals surface area contributed by atoms with E-state index in [0.717, 1.165) is 10.6 Å². The summed E-state index contributed by atoms with van der Waals surface area (Å²) < 4.78 is 5.23. The monoisotopic (exact) mass is 295 g/mol. The molecule has 1 aromatic carbocycles.